The van der Waals surface area contributed by atoms with Crippen molar-refractivity contribution < 1.29 is 9.53 Å². The molecule has 2 heterocycles. The standard InChI is InChI=1S/C26H21BrN4O3/c1-15-8-13-20(19(27)14-15)28-25(32)23-22-18-6-4-5-7-21(18)30(2)24(22)26(33)31(29-23)16-9-11-17(34-3)12-10-16/h4-14H,1-3H3,(H,28,32). The molecule has 0 radical (unpaired) electrons. The molecule has 34 heavy (non-hydrogen) atoms. The van der Waals surface area contributed by atoms with Crippen LogP contribution in [0.15, 0.2) is 76.0 Å². The van der Waals surface area contributed by atoms with Gasteiger partial charge < -0.3 is 14.6 Å². The SMILES string of the molecule is COc1ccc(-n2nc(C(=O)Nc3ccc(C)cc3Br)c3c4ccccc4n(C)c3c2=O)cc1. The van der Waals surface area contributed by atoms with E-state index >= 15 is 0 Å². The van der Waals surface area contributed by atoms with Crippen LogP contribution in [-0.4, -0.2) is 27.4 Å². The van der Waals surface area contributed by atoms with E-state index in [-0.39, 0.29) is 11.3 Å². The number of amides is 1. The van der Waals surface area contributed by atoms with Gasteiger partial charge in [-0.3, -0.25) is 9.59 Å². The monoisotopic (exact) mass is 516 g/mol. The summed E-state index contributed by atoms with van der Waals surface area (Å²) < 4.78 is 9.07. The van der Waals surface area contributed by atoms with Gasteiger partial charge in [-0.1, -0.05) is 24.3 Å². The van der Waals surface area contributed by atoms with Gasteiger partial charge in [-0.15, -0.1) is 0 Å². The van der Waals surface area contributed by atoms with Crippen LogP contribution in [0.4, 0.5) is 5.69 Å². The van der Waals surface area contributed by atoms with Gasteiger partial charge in [-0.25, -0.2) is 0 Å². The maximum Gasteiger partial charge on any atom is 0.296 e. The number of halogens is 1. The second kappa shape index (κ2) is 8.46. The van der Waals surface area contributed by atoms with Gasteiger partial charge in [0, 0.05) is 27.8 Å². The van der Waals surface area contributed by atoms with Crippen molar-refractivity contribution in [3.8, 4) is 11.4 Å². The smallest absolute Gasteiger partial charge is 0.296 e. The minimum atomic E-state index is -0.409. The summed E-state index contributed by atoms with van der Waals surface area (Å²) in [6.07, 6.45) is 0. The van der Waals surface area contributed by atoms with E-state index in [0.717, 1.165) is 20.9 Å². The first-order valence-corrected chi connectivity index (χ1v) is 11.4. The first-order chi connectivity index (χ1) is 16.4. The molecule has 0 unspecified atom stereocenters. The third-order valence-electron chi connectivity index (χ3n) is 5.84. The van der Waals surface area contributed by atoms with Crippen LogP contribution in [-0.2, 0) is 7.05 Å². The molecular weight excluding hydrogens is 496 g/mol. The van der Waals surface area contributed by atoms with Crippen molar-refractivity contribution in [1.82, 2.24) is 14.3 Å². The van der Waals surface area contributed by atoms with Gasteiger partial charge in [0.25, 0.3) is 11.5 Å². The fourth-order valence-electron chi connectivity index (χ4n) is 4.14. The largest absolute Gasteiger partial charge is 0.497 e. The van der Waals surface area contributed by atoms with Gasteiger partial charge in [0.15, 0.2) is 5.69 Å². The Hall–Kier alpha value is -3.91. The Labute approximate surface area is 203 Å². The molecule has 0 spiro atoms. The van der Waals surface area contributed by atoms with Gasteiger partial charge in [0.2, 0.25) is 0 Å². The molecular formula is C26H21BrN4O3. The van der Waals surface area contributed by atoms with Crippen molar-refractivity contribution in [3.05, 3.63) is 92.8 Å². The normalized spacial score (nSPS) is 11.2. The Morgan fingerprint density at radius 1 is 1.06 bits per heavy atom. The number of ether oxygens (including phenoxy) is 1. The summed E-state index contributed by atoms with van der Waals surface area (Å²) in [4.78, 5) is 27.2. The van der Waals surface area contributed by atoms with Crippen LogP contribution in [0.1, 0.15) is 16.1 Å². The number of hydrogen-bond acceptors (Lipinski definition) is 4. The number of nitrogens with one attached hydrogen (secondary N) is 1. The Kier molecular flexibility index (Phi) is 5.45. The summed E-state index contributed by atoms with van der Waals surface area (Å²) in [6, 6.07) is 20.2. The lowest BCUT2D eigenvalue weighted by Gasteiger charge is -2.12. The molecule has 3 aromatic carbocycles. The lowest BCUT2D eigenvalue weighted by molar-refractivity contribution is 0.102. The topological polar surface area (TPSA) is 78.2 Å². The number of carbonyl (C=O) groups is 1. The predicted molar refractivity (Wildman–Crippen MR) is 137 cm³/mol. The van der Waals surface area contributed by atoms with Crippen molar-refractivity contribution in [2.75, 3.05) is 12.4 Å². The molecule has 170 valence electrons. The lowest BCUT2D eigenvalue weighted by atomic mass is 10.1. The molecule has 1 amide bonds. The first kappa shape index (κ1) is 21.9. The average molecular weight is 517 g/mol. The second-order valence-corrected chi connectivity index (χ2v) is 8.86. The molecule has 0 bridgehead atoms. The molecule has 0 saturated heterocycles. The van der Waals surface area contributed by atoms with Crippen molar-refractivity contribution in [1.29, 1.82) is 0 Å². The third-order valence-corrected chi connectivity index (χ3v) is 6.50. The molecule has 0 aliphatic heterocycles. The molecule has 2 aromatic heterocycles. The number of fused-ring (bicyclic) bond motifs is 3. The highest BCUT2D eigenvalue weighted by Gasteiger charge is 2.24. The first-order valence-electron chi connectivity index (χ1n) is 10.6. The van der Waals surface area contributed by atoms with Crippen molar-refractivity contribution >= 4 is 49.3 Å². The number of carbonyl (C=O) groups excluding carboxylic acids is 1. The number of methoxy groups -OCH3 is 1. The van der Waals surface area contributed by atoms with E-state index in [9.17, 15) is 9.59 Å². The van der Waals surface area contributed by atoms with Gasteiger partial charge in [0.1, 0.15) is 11.3 Å². The minimum absolute atomic E-state index is 0.162. The Balaban J connectivity index is 1.78. The summed E-state index contributed by atoms with van der Waals surface area (Å²) in [5.41, 5.74) is 3.31. The summed E-state index contributed by atoms with van der Waals surface area (Å²) in [5.74, 6) is 0.248. The number of benzene rings is 3. The fourth-order valence-corrected chi connectivity index (χ4v) is 4.73. The van der Waals surface area contributed by atoms with Crippen LogP contribution < -0.4 is 15.6 Å². The summed E-state index contributed by atoms with van der Waals surface area (Å²) >= 11 is 3.51. The van der Waals surface area contributed by atoms with Gasteiger partial charge >= 0.3 is 0 Å². The zero-order valence-electron chi connectivity index (χ0n) is 18.8. The molecule has 0 aliphatic carbocycles. The number of hydrogen-bond donors (Lipinski definition) is 1. The molecule has 0 aliphatic rings. The van der Waals surface area contributed by atoms with Crippen LogP contribution in [0.2, 0.25) is 0 Å². The molecule has 5 rings (SSSR count). The number of para-hydroxylation sites is 1. The van der Waals surface area contributed by atoms with Crippen molar-refractivity contribution in [3.63, 3.8) is 0 Å². The predicted octanol–water partition coefficient (Wildman–Crippen LogP) is 5.21. The van der Waals surface area contributed by atoms with E-state index in [4.69, 9.17) is 4.74 Å². The fraction of sp³-hybridized carbons (Fsp3) is 0.115. The quantitative estimate of drug-likeness (QED) is 0.355. The van der Waals surface area contributed by atoms with Crippen molar-refractivity contribution in [2.24, 2.45) is 7.05 Å². The molecule has 8 heteroatoms. The second-order valence-electron chi connectivity index (χ2n) is 8.00. The molecule has 5 aromatic rings. The highest BCUT2D eigenvalue weighted by Crippen LogP contribution is 2.30. The maximum absolute atomic E-state index is 13.6. The Bertz CT molecular complexity index is 1630. The van der Waals surface area contributed by atoms with E-state index in [0.29, 0.717) is 28.0 Å². The zero-order valence-corrected chi connectivity index (χ0v) is 20.4. The summed E-state index contributed by atoms with van der Waals surface area (Å²) in [5, 5.41) is 8.81. The molecule has 0 fully saturated rings. The summed E-state index contributed by atoms with van der Waals surface area (Å²) in [7, 11) is 3.40. The van der Waals surface area contributed by atoms with Gasteiger partial charge in [0.05, 0.1) is 18.5 Å². The van der Waals surface area contributed by atoms with E-state index < -0.39 is 5.91 Å². The molecule has 7 nitrogen and oxygen atoms in total. The number of aromatic nitrogens is 3. The van der Waals surface area contributed by atoms with Crippen LogP contribution >= 0.6 is 15.9 Å². The van der Waals surface area contributed by atoms with E-state index in [2.05, 4.69) is 26.3 Å². The average Bonchev–Trinajstić information content (AvgIpc) is 3.14. The highest BCUT2D eigenvalue weighted by atomic mass is 79.9. The minimum Gasteiger partial charge on any atom is -0.497 e. The molecule has 1 N–H and O–H groups in total. The zero-order chi connectivity index (χ0) is 24.0. The van der Waals surface area contributed by atoms with Crippen LogP contribution in [0, 0.1) is 6.92 Å². The van der Waals surface area contributed by atoms with Crippen LogP contribution in [0.5, 0.6) is 5.75 Å². The van der Waals surface area contributed by atoms with E-state index in [1.165, 1.54) is 4.68 Å². The third kappa shape index (κ3) is 3.56. The van der Waals surface area contributed by atoms with E-state index in [1.807, 2.05) is 61.0 Å². The van der Waals surface area contributed by atoms with Crippen LogP contribution in [0.3, 0.4) is 0 Å². The highest BCUT2D eigenvalue weighted by molar-refractivity contribution is 9.10. The van der Waals surface area contributed by atoms with Gasteiger partial charge in [-0.05, 0) is 70.9 Å². The molecule has 0 atom stereocenters. The Morgan fingerprint density at radius 2 is 1.79 bits per heavy atom. The lowest BCUT2D eigenvalue weighted by Crippen LogP contribution is -2.27. The van der Waals surface area contributed by atoms with E-state index in [1.54, 1.807) is 31.4 Å². The number of aryl methyl sites for hydroxylation is 2. The molecule has 0 saturated carbocycles. The van der Waals surface area contributed by atoms with Gasteiger partial charge in [-0.2, -0.15) is 9.78 Å². The maximum atomic E-state index is 13.6. The number of nitrogens with zero attached hydrogens (tertiary/aromatic N) is 3. The van der Waals surface area contributed by atoms with Crippen LogP contribution in [0.25, 0.3) is 27.5 Å². The summed E-state index contributed by atoms with van der Waals surface area (Å²) in [6.45, 7) is 1.97. The number of rotatable bonds is 4. The van der Waals surface area contributed by atoms with Crippen molar-refractivity contribution in [2.45, 2.75) is 6.92 Å². The Morgan fingerprint density at radius 3 is 2.50 bits per heavy atom. The number of anilines is 1.